The number of aryl methyl sites for hydroxylation is 1. The summed E-state index contributed by atoms with van der Waals surface area (Å²) in [5, 5.41) is 8.57. The molecule has 16 heavy (non-hydrogen) atoms. The van der Waals surface area contributed by atoms with Gasteiger partial charge in [-0.05, 0) is 47.3 Å². The van der Waals surface area contributed by atoms with Crippen molar-refractivity contribution in [2.75, 3.05) is 13.2 Å². The zero-order valence-corrected chi connectivity index (χ0v) is 12.1. The van der Waals surface area contributed by atoms with Gasteiger partial charge in [-0.2, -0.15) is 0 Å². The highest BCUT2D eigenvalue weighted by Crippen LogP contribution is 2.30. The summed E-state index contributed by atoms with van der Waals surface area (Å²) in [7, 11) is -3.39. The molecule has 4 nitrogen and oxygen atoms in total. The molecular weight excluding hydrogens is 314 g/mol. The van der Waals surface area contributed by atoms with Gasteiger partial charge in [0.2, 0.25) is 10.0 Å². The van der Waals surface area contributed by atoms with Crippen molar-refractivity contribution in [3.05, 3.63) is 15.4 Å². The summed E-state index contributed by atoms with van der Waals surface area (Å²) >= 11 is 4.50. The second kappa shape index (κ2) is 6.11. The van der Waals surface area contributed by atoms with Crippen molar-refractivity contribution in [2.45, 2.75) is 24.0 Å². The van der Waals surface area contributed by atoms with Crippen LogP contribution < -0.4 is 4.72 Å². The van der Waals surface area contributed by atoms with E-state index in [9.17, 15) is 8.42 Å². The summed E-state index contributed by atoms with van der Waals surface area (Å²) in [6, 6.07) is 1.64. The Bertz CT molecular complexity index is 422. The standard InChI is InChI=1S/C9H14BrNO3S2/c1-7-6-8(15-9(7)10)16(13,14)11-4-2-3-5-12/h6,11-12H,2-5H2,1H3. The van der Waals surface area contributed by atoms with E-state index in [0.29, 0.717) is 23.6 Å². The molecule has 0 radical (unpaired) electrons. The third kappa shape index (κ3) is 3.81. The van der Waals surface area contributed by atoms with E-state index in [-0.39, 0.29) is 6.61 Å². The summed E-state index contributed by atoms with van der Waals surface area (Å²) in [4.78, 5) is 0. The molecule has 7 heteroatoms. The number of sulfonamides is 1. The van der Waals surface area contributed by atoms with E-state index in [0.717, 1.165) is 9.35 Å². The van der Waals surface area contributed by atoms with Crippen LogP contribution in [0.1, 0.15) is 18.4 Å². The SMILES string of the molecule is Cc1cc(S(=O)(=O)NCCCCO)sc1Br. The fourth-order valence-electron chi connectivity index (χ4n) is 1.08. The Morgan fingerprint density at radius 1 is 1.50 bits per heavy atom. The molecule has 0 aromatic carbocycles. The molecule has 92 valence electrons. The smallest absolute Gasteiger partial charge is 0.250 e. The van der Waals surface area contributed by atoms with Gasteiger partial charge in [-0.1, -0.05) is 0 Å². The molecule has 0 fully saturated rings. The van der Waals surface area contributed by atoms with Crippen molar-refractivity contribution in [1.82, 2.24) is 4.72 Å². The molecule has 0 unspecified atom stereocenters. The average molecular weight is 328 g/mol. The van der Waals surface area contributed by atoms with Crippen LogP contribution >= 0.6 is 27.3 Å². The molecule has 0 saturated carbocycles. The summed E-state index contributed by atoms with van der Waals surface area (Å²) in [6.45, 7) is 2.30. The fraction of sp³-hybridized carbons (Fsp3) is 0.556. The van der Waals surface area contributed by atoms with Crippen LogP contribution in [0.4, 0.5) is 0 Å². The van der Waals surface area contributed by atoms with E-state index in [1.54, 1.807) is 6.07 Å². The molecule has 0 aliphatic rings. The van der Waals surface area contributed by atoms with Gasteiger partial charge in [0, 0.05) is 13.2 Å². The van der Waals surface area contributed by atoms with E-state index < -0.39 is 10.0 Å². The Morgan fingerprint density at radius 3 is 2.69 bits per heavy atom. The predicted molar refractivity (Wildman–Crippen MR) is 68.3 cm³/mol. The maximum absolute atomic E-state index is 11.8. The van der Waals surface area contributed by atoms with Gasteiger partial charge in [0.05, 0.1) is 3.79 Å². The molecule has 0 amide bonds. The van der Waals surface area contributed by atoms with Gasteiger partial charge < -0.3 is 5.11 Å². The first-order valence-corrected chi connectivity index (χ1v) is 7.93. The molecular formula is C9H14BrNO3S2. The van der Waals surface area contributed by atoms with Crippen molar-refractivity contribution < 1.29 is 13.5 Å². The van der Waals surface area contributed by atoms with Crippen molar-refractivity contribution in [2.24, 2.45) is 0 Å². The largest absolute Gasteiger partial charge is 0.396 e. The summed E-state index contributed by atoms with van der Waals surface area (Å²) < 4.78 is 27.2. The molecule has 0 aliphatic heterocycles. The van der Waals surface area contributed by atoms with Gasteiger partial charge in [0.25, 0.3) is 0 Å². The average Bonchev–Trinajstić information content (AvgIpc) is 2.55. The van der Waals surface area contributed by atoms with E-state index in [2.05, 4.69) is 20.7 Å². The van der Waals surface area contributed by atoms with Crippen LogP contribution in [0.25, 0.3) is 0 Å². The lowest BCUT2D eigenvalue weighted by molar-refractivity contribution is 0.285. The molecule has 0 bridgehead atoms. The fourth-order valence-corrected chi connectivity index (χ4v) is 4.42. The molecule has 1 aromatic heterocycles. The Balaban J connectivity index is 2.64. The minimum Gasteiger partial charge on any atom is -0.396 e. The lowest BCUT2D eigenvalue weighted by Crippen LogP contribution is -2.24. The predicted octanol–water partition coefficient (Wildman–Crippen LogP) is 1.87. The van der Waals surface area contributed by atoms with Crippen LogP contribution in [0.5, 0.6) is 0 Å². The Morgan fingerprint density at radius 2 is 2.19 bits per heavy atom. The highest BCUT2D eigenvalue weighted by atomic mass is 79.9. The quantitative estimate of drug-likeness (QED) is 0.784. The summed E-state index contributed by atoms with van der Waals surface area (Å²) in [5.41, 5.74) is 0.917. The van der Waals surface area contributed by atoms with E-state index in [1.807, 2.05) is 6.92 Å². The summed E-state index contributed by atoms with van der Waals surface area (Å²) in [5.74, 6) is 0. The maximum Gasteiger partial charge on any atom is 0.250 e. The highest BCUT2D eigenvalue weighted by molar-refractivity contribution is 9.11. The number of hydrogen-bond acceptors (Lipinski definition) is 4. The van der Waals surface area contributed by atoms with Crippen LogP contribution in [-0.4, -0.2) is 26.7 Å². The Labute approximate surface area is 108 Å². The number of aliphatic hydroxyl groups is 1. The van der Waals surface area contributed by atoms with Crippen LogP contribution in [0.2, 0.25) is 0 Å². The number of nitrogens with one attached hydrogen (secondary N) is 1. The Kier molecular flexibility index (Phi) is 5.39. The van der Waals surface area contributed by atoms with Crippen molar-refractivity contribution in [3.8, 4) is 0 Å². The minimum atomic E-state index is -3.39. The number of aliphatic hydroxyl groups excluding tert-OH is 1. The van der Waals surface area contributed by atoms with Gasteiger partial charge >= 0.3 is 0 Å². The molecule has 0 atom stereocenters. The van der Waals surface area contributed by atoms with Gasteiger partial charge in [-0.25, -0.2) is 13.1 Å². The molecule has 0 spiro atoms. The molecule has 0 saturated heterocycles. The van der Waals surface area contributed by atoms with Gasteiger partial charge in [-0.15, -0.1) is 11.3 Å². The second-order valence-electron chi connectivity index (χ2n) is 3.35. The van der Waals surface area contributed by atoms with E-state index in [1.165, 1.54) is 11.3 Å². The van der Waals surface area contributed by atoms with E-state index in [4.69, 9.17) is 5.11 Å². The monoisotopic (exact) mass is 327 g/mol. The van der Waals surface area contributed by atoms with Crippen molar-refractivity contribution >= 4 is 37.3 Å². The highest BCUT2D eigenvalue weighted by Gasteiger charge is 2.17. The molecule has 0 aliphatic carbocycles. The zero-order valence-electron chi connectivity index (χ0n) is 8.86. The van der Waals surface area contributed by atoms with Crippen LogP contribution in [0.15, 0.2) is 14.1 Å². The van der Waals surface area contributed by atoms with Gasteiger partial charge in [0.1, 0.15) is 4.21 Å². The number of halogens is 1. The van der Waals surface area contributed by atoms with Crippen LogP contribution in [0.3, 0.4) is 0 Å². The van der Waals surface area contributed by atoms with Crippen molar-refractivity contribution in [3.63, 3.8) is 0 Å². The van der Waals surface area contributed by atoms with Crippen LogP contribution in [0, 0.1) is 6.92 Å². The van der Waals surface area contributed by atoms with Crippen LogP contribution in [-0.2, 0) is 10.0 Å². The number of rotatable bonds is 6. The Hall–Kier alpha value is 0.0500. The summed E-state index contributed by atoms with van der Waals surface area (Å²) in [6.07, 6.45) is 1.25. The molecule has 1 aromatic rings. The zero-order chi connectivity index (χ0) is 12.2. The first-order chi connectivity index (χ1) is 7.47. The third-order valence-electron chi connectivity index (χ3n) is 1.98. The number of thiophene rings is 1. The number of hydrogen-bond donors (Lipinski definition) is 2. The minimum absolute atomic E-state index is 0.0887. The normalized spacial score (nSPS) is 11.9. The maximum atomic E-state index is 11.8. The van der Waals surface area contributed by atoms with Crippen molar-refractivity contribution in [1.29, 1.82) is 0 Å². The first-order valence-electron chi connectivity index (χ1n) is 4.84. The molecule has 2 N–H and O–H groups in total. The second-order valence-corrected chi connectivity index (χ2v) is 7.71. The first kappa shape index (κ1) is 14.1. The van der Waals surface area contributed by atoms with E-state index >= 15 is 0 Å². The van der Waals surface area contributed by atoms with Gasteiger partial charge in [-0.3, -0.25) is 0 Å². The molecule has 1 rings (SSSR count). The number of unbranched alkanes of at least 4 members (excludes halogenated alkanes) is 1. The topological polar surface area (TPSA) is 66.4 Å². The third-order valence-corrected chi connectivity index (χ3v) is 6.05. The molecule has 1 heterocycles. The lowest BCUT2D eigenvalue weighted by atomic mass is 10.3. The lowest BCUT2D eigenvalue weighted by Gasteiger charge is -2.03. The van der Waals surface area contributed by atoms with Gasteiger partial charge in [0.15, 0.2) is 0 Å².